The number of aryl methyl sites for hydroxylation is 1. The molecular formula is C15H15ClF2N8O3. The number of anilines is 1. The molecule has 1 aliphatic rings. The van der Waals surface area contributed by atoms with Gasteiger partial charge in [-0.3, -0.25) is 24.6 Å². The van der Waals surface area contributed by atoms with Crippen LogP contribution in [0.1, 0.15) is 20.8 Å². The monoisotopic (exact) mass is 428 g/mol. The van der Waals surface area contributed by atoms with Crippen LogP contribution in [0.3, 0.4) is 0 Å². The highest BCUT2D eigenvalue weighted by Gasteiger charge is 2.24. The number of benzene rings is 1. The molecule has 1 aromatic carbocycles. The van der Waals surface area contributed by atoms with E-state index >= 15 is 0 Å². The van der Waals surface area contributed by atoms with Gasteiger partial charge in [0.2, 0.25) is 5.96 Å². The molecule has 29 heavy (non-hydrogen) atoms. The fourth-order valence-corrected chi connectivity index (χ4v) is 2.67. The third kappa shape index (κ3) is 4.35. The lowest BCUT2D eigenvalue weighted by Gasteiger charge is -2.17. The van der Waals surface area contributed by atoms with E-state index in [0.717, 1.165) is 6.07 Å². The molecule has 1 aromatic heterocycles. The first-order valence-corrected chi connectivity index (χ1v) is 8.35. The van der Waals surface area contributed by atoms with Gasteiger partial charge in [0.05, 0.1) is 10.6 Å². The van der Waals surface area contributed by atoms with E-state index in [1.54, 1.807) is 7.05 Å². The van der Waals surface area contributed by atoms with E-state index < -0.39 is 24.2 Å². The van der Waals surface area contributed by atoms with Gasteiger partial charge in [-0.1, -0.05) is 11.6 Å². The van der Waals surface area contributed by atoms with Crippen LogP contribution in [0, 0.1) is 0 Å². The van der Waals surface area contributed by atoms with Crippen molar-refractivity contribution in [2.75, 3.05) is 12.4 Å². The summed E-state index contributed by atoms with van der Waals surface area (Å²) in [6.07, 6.45) is 1.39. The standard InChI is InChI=1S/C15H15ClF2N8O3/c1-25-8(5-6-19-25)13(28)20-11-9(29-14(17)18)4-3-7(10(11)16)12(27)21-15-22-23-24-26(15)2/h3-6,14,23-24H,1-2H3,(H,20,28)(H,21,22,27). The van der Waals surface area contributed by atoms with Crippen molar-refractivity contribution in [3.05, 3.63) is 40.7 Å². The van der Waals surface area contributed by atoms with Crippen molar-refractivity contribution in [1.82, 2.24) is 31.2 Å². The smallest absolute Gasteiger partial charge is 0.387 e. The van der Waals surface area contributed by atoms with E-state index in [2.05, 4.69) is 36.6 Å². The Morgan fingerprint density at radius 1 is 1.21 bits per heavy atom. The van der Waals surface area contributed by atoms with Crippen LogP contribution >= 0.6 is 11.6 Å². The fraction of sp³-hybridized carbons (Fsp3) is 0.200. The molecule has 0 spiro atoms. The van der Waals surface area contributed by atoms with Gasteiger partial charge < -0.3 is 10.1 Å². The molecule has 0 saturated carbocycles. The number of ether oxygens (including phenoxy) is 1. The molecule has 2 aromatic rings. The van der Waals surface area contributed by atoms with E-state index in [1.165, 1.54) is 35.1 Å². The SMILES string of the molecule is CN1NNN=C1NC(=O)c1ccc(OC(F)F)c(NC(=O)c2ccnn2C)c1Cl. The van der Waals surface area contributed by atoms with Crippen LogP contribution in [0.15, 0.2) is 29.5 Å². The van der Waals surface area contributed by atoms with E-state index in [1.807, 2.05) is 0 Å². The fourth-order valence-electron chi connectivity index (χ4n) is 2.38. The molecule has 0 unspecified atom stereocenters. The maximum atomic E-state index is 12.8. The molecular weight excluding hydrogens is 414 g/mol. The van der Waals surface area contributed by atoms with Gasteiger partial charge in [0.25, 0.3) is 11.8 Å². The number of nitrogens with one attached hydrogen (secondary N) is 4. The molecule has 0 fully saturated rings. The third-order valence-electron chi connectivity index (χ3n) is 3.78. The van der Waals surface area contributed by atoms with E-state index in [-0.39, 0.29) is 27.9 Å². The number of hydrazone groups is 1. The number of guanidine groups is 1. The van der Waals surface area contributed by atoms with Crippen molar-refractivity contribution in [2.45, 2.75) is 6.61 Å². The lowest BCUT2D eigenvalue weighted by molar-refractivity contribution is -0.0493. The third-order valence-corrected chi connectivity index (χ3v) is 4.17. The molecule has 2 amide bonds. The van der Waals surface area contributed by atoms with Gasteiger partial charge in [-0.2, -0.15) is 13.9 Å². The van der Waals surface area contributed by atoms with Crippen LogP contribution in [0.4, 0.5) is 14.5 Å². The van der Waals surface area contributed by atoms with Gasteiger partial charge >= 0.3 is 6.61 Å². The molecule has 0 atom stereocenters. The Kier molecular flexibility index (Phi) is 5.79. The van der Waals surface area contributed by atoms with Crippen molar-refractivity contribution in [2.24, 2.45) is 12.1 Å². The predicted molar refractivity (Wildman–Crippen MR) is 98.2 cm³/mol. The number of aromatic nitrogens is 2. The summed E-state index contributed by atoms with van der Waals surface area (Å²) in [5, 5.41) is 13.6. The average Bonchev–Trinajstić information content (AvgIpc) is 3.26. The predicted octanol–water partition coefficient (Wildman–Crippen LogP) is 0.883. The Labute approximate surface area is 167 Å². The molecule has 1 aliphatic heterocycles. The van der Waals surface area contributed by atoms with Crippen molar-refractivity contribution >= 4 is 35.1 Å². The zero-order chi connectivity index (χ0) is 21.1. The van der Waals surface area contributed by atoms with Crippen LogP contribution in [-0.2, 0) is 7.05 Å². The summed E-state index contributed by atoms with van der Waals surface area (Å²) in [5.74, 6) is -1.64. The molecule has 11 nitrogen and oxygen atoms in total. The number of hydrogen-bond donors (Lipinski definition) is 4. The van der Waals surface area contributed by atoms with Gasteiger partial charge in [0.1, 0.15) is 11.4 Å². The van der Waals surface area contributed by atoms with Crippen LogP contribution in [0.5, 0.6) is 5.75 Å². The van der Waals surface area contributed by atoms with Gasteiger partial charge in [-0.15, -0.1) is 10.6 Å². The molecule has 4 N–H and O–H groups in total. The summed E-state index contributed by atoms with van der Waals surface area (Å²) in [5.41, 5.74) is 4.77. The lowest BCUT2D eigenvalue weighted by Crippen LogP contribution is -2.45. The lowest BCUT2D eigenvalue weighted by atomic mass is 10.1. The number of rotatable bonds is 5. The zero-order valence-electron chi connectivity index (χ0n) is 15.0. The summed E-state index contributed by atoms with van der Waals surface area (Å²) in [6, 6.07) is 3.70. The summed E-state index contributed by atoms with van der Waals surface area (Å²) < 4.78 is 31.2. The minimum absolute atomic E-state index is 0.100. The largest absolute Gasteiger partial charge is 0.433 e. The second-order valence-electron chi connectivity index (χ2n) is 5.65. The summed E-state index contributed by atoms with van der Waals surface area (Å²) >= 11 is 6.25. The van der Waals surface area contributed by atoms with E-state index in [9.17, 15) is 18.4 Å². The van der Waals surface area contributed by atoms with Crippen molar-refractivity contribution in [1.29, 1.82) is 0 Å². The van der Waals surface area contributed by atoms with Crippen molar-refractivity contribution in [3.63, 3.8) is 0 Å². The first-order chi connectivity index (χ1) is 13.8. The molecule has 0 saturated heterocycles. The number of hydrazine groups is 2. The number of carbonyl (C=O) groups excluding carboxylic acids is 2. The second kappa shape index (κ2) is 8.28. The molecule has 0 radical (unpaired) electrons. The summed E-state index contributed by atoms with van der Waals surface area (Å²) in [7, 11) is 3.11. The van der Waals surface area contributed by atoms with Crippen LogP contribution < -0.4 is 26.4 Å². The van der Waals surface area contributed by atoms with Crippen molar-refractivity contribution in [3.8, 4) is 5.75 Å². The van der Waals surface area contributed by atoms with Crippen LogP contribution in [0.25, 0.3) is 0 Å². The highest BCUT2D eigenvalue weighted by molar-refractivity contribution is 6.37. The summed E-state index contributed by atoms with van der Waals surface area (Å²) in [4.78, 5) is 25.0. The Bertz CT molecular complexity index is 980. The molecule has 0 bridgehead atoms. The number of nitrogens with zero attached hydrogens (tertiary/aromatic N) is 4. The molecule has 154 valence electrons. The average molecular weight is 429 g/mol. The van der Waals surface area contributed by atoms with Crippen LogP contribution in [-0.4, -0.2) is 46.2 Å². The maximum Gasteiger partial charge on any atom is 0.387 e. The minimum atomic E-state index is -3.17. The van der Waals surface area contributed by atoms with E-state index in [4.69, 9.17) is 11.6 Å². The number of carbonyl (C=O) groups is 2. The molecule has 2 heterocycles. The van der Waals surface area contributed by atoms with E-state index in [0.29, 0.717) is 0 Å². The van der Waals surface area contributed by atoms with Gasteiger partial charge in [-0.05, 0) is 18.2 Å². The second-order valence-corrected chi connectivity index (χ2v) is 6.02. The number of hydrogen-bond acceptors (Lipinski definition) is 8. The quantitative estimate of drug-likeness (QED) is 0.557. The van der Waals surface area contributed by atoms with Gasteiger partial charge in [-0.25, -0.2) is 5.53 Å². The topological polar surface area (TPSA) is 125 Å². The highest BCUT2D eigenvalue weighted by Crippen LogP contribution is 2.36. The molecule has 3 rings (SSSR count). The molecule has 14 heteroatoms. The Morgan fingerprint density at radius 3 is 2.55 bits per heavy atom. The van der Waals surface area contributed by atoms with Gasteiger partial charge in [0.15, 0.2) is 5.75 Å². The first-order valence-electron chi connectivity index (χ1n) is 7.98. The maximum absolute atomic E-state index is 12.8. The Morgan fingerprint density at radius 2 is 1.97 bits per heavy atom. The number of alkyl halides is 2. The zero-order valence-corrected chi connectivity index (χ0v) is 15.8. The highest BCUT2D eigenvalue weighted by atomic mass is 35.5. The number of amides is 2. The number of halogens is 3. The van der Waals surface area contributed by atoms with Crippen molar-refractivity contribution < 1.29 is 23.1 Å². The van der Waals surface area contributed by atoms with Gasteiger partial charge in [0, 0.05) is 20.3 Å². The van der Waals surface area contributed by atoms with Crippen LogP contribution in [0.2, 0.25) is 5.02 Å². The summed E-state index contributed by atoms with van der Waals surface area (Å²) in [6.45, 7) is -3.17. The first kappa shape index (κ1) is 20.3. The Hall–Kier alpha value is -3.45. The minimum Gasteiger partial charge on any atom is -0.433 e. The normalized spacial score (nSPS) is 13.2. The Balaban J connectivity index is 1.93. The molecule has 0 aliphatic carbocycles.